The van der Waals surface area contributed by atoms with Crippen LogP contribution in [-0.4, -0.2) is 53.3 Å². The molecule has 1 saturated heterocycles. The highest BCUT2D eigenvalue weighted by atomic mass is 16.5. The molecule has 3 N–H and O–H groups in total. The minimum Gasteiger partial charge on any atom is -0.378 e. The largest absolute Gasteiger partial charge is 0.378 e. The molecule has 0 aliphatic carbocycles. The van der Waals surface area contributed by atoms with Crippen LogP contribution in [0, 0.1) is 0 Å². The summed E-state index contributed by atoms with van der Waals surface area (Å²) in [6.45, 7) is 8.12. The molecule has 2 rings (SSSR count). The zero-order valence-corrected chi connectivity index (χ0v) is 12.8. The van der Waals surface area contributed by atoms with Crippen molar-refractivity contribution in [3.8, 4) is 0 Å². The van der Waals surface area contributed by atoms with Gasteiger partial charge in [0, 0.05) is 13.1 Å². The smallest absolute Gasteiger partial charge is 0.240 e. The van der Waals surface area contributed by atoms with E-state index in [2.05, 4.69) is 15.5 Å². The molecule has 1 aliphatic rings. The fourth-order valence-corrected chi connectivity index (χ4v) is 2.12. The lowest BCUT2D eigenvalue weighted by atomic mass is 10.1. The van der Waals surface area contributed by atoms with Crippen LogP contribution in [0.2, 0.25) is 0 Å². The second-order valence-corrected chi connectivity index (χ2v) is 5.69. The first-order chi connectivity index (χ1) is 9.91. The van der Waals surface area contributed by atoms with Gasteiger partial charge >= 0.3 is 0 Å². The summed E-state index contributed by atoms with van der Waals surface area (Å²) in [4.78, 5) is 18.3. The standard InChI is InChI=1S/C13H23N5O3/c1-4-15-11(19)9-8-20-6-5-18(9)7-10-16-12(17-21-10)13(2,3)14/h9H,4-8,14H2,1-3H3,(H,15,19). The van der Waals surface area contributed by atoms with Gasteiger partial charge in [-0.05, 0) is 20.8 Å². The van der Waals surface area contributed by atoms with Crippen LogP contribution in [0.15, 0.2) is 4.52 Å². The van der Waals surface area contributed by atoms with Gasteiger partial charge in [-0.2, -0.15) is 4.98 Å². The summed E-state index contributed by atoms with van der Waals surface area (Å²) in [6, 6.07) is -0.333. The molecule has 1 unspecified atom stereocenters. The molecular formula is C13H23N5O3. The maximum Gasteiger partial charge on any atom is 0.240 e. The number of amides is 1. The molecule has 1 aromatic rings. The molecule has 118 valence electrons. The molecule has 1 fully saturated rings. The van der Waals surface area contributed by atoms with E-state index < -0.39 is 5.54 Å². The maximum atomic E-state index is 12.0. The molecule has 1 aromatic heterocycles. The highest BCUT2D eigenvalue weighted by Crippen LogP contribution is 2.16. The molecule has 0 radical (unpaired) electrons. The van der Waals surface area contributed by atoms with Crippen molar-refractivity contribution >= 4 is 5.91 Å². The monoisotopic (exact) mass is 297 g/mol. The average molecular weight is 297 g/mol. The van der Waals surface area contributed by atoms with E-state index in [1.807, 2.05) is 25.7 Å². The van der Waals surface area contributed by atoms with Crippen molar-refractivity contribution in [1.82, 2.24) is 20.4 Å². The van der Waals surface area contributed by atoms with Crippen LogP contribution >= 0.6 is 0 Å². The second-order valence-electron chi connectivity index (χ2n) is 5.69. The molecule has 1 amide bonds. The third kappa shape index (κ3) is 3.99. The number of hydrogen-bond donors (Lipinski definition) is 2. The average Bonchev–Trinajstić information content (AvgIpc) is 2.88. The van der Waals surface area contributed by atoms with Crippen molar-refractivity contribution in [1.29, 1.82) is 0 Å². The molecule has 21 heavy (non-hydrogen) atoms. The first-order valence-corrected chi connectivity index (χ1v) is 7.13. The van der Waals surface area contributed by atoms with E-state index in [0.717, 1.165) is 0 Å². The van der Waals surface area contributed by atoms with Gasteiger partial charge in [0.2, 0.25) is 11.8 Å². The minimum atomic E-state index is -0.647. The summed E-state index contributed by atoms with van der Waals surface area (Å²) < 4.78 is 10.6. The van der Waals surface area contributed by atoms with Crippen molar-refractivity contribution in [2.24, 2.45) is 5.73 Å². The zero-order valence-electron chi connectivity index (χ0n) is 12.8. The third-order valence-electron chi connectivity index (χ3n) is 3.28. The van der Waals surface area contributed by atoms with Crippen LogP contribution in [-0.2, 0) is 21.6 Å². The van der Waals surface area contributed by atoms with Crippen LogP contribution in [0.25, 0.3) is 0 Å². The van der Waals surface area contributed by atoms with Crippen molar-refractivity contribution < 1.29 is 14.1 Å². The normalized spacial score (nSPS) is 20.5. The number of carbonyl (C=O) groups excluding carboxylic acids is 1. The van der Waals surface area contributed by atoms with Gasteiger partial charge in [-0.3, -0.25) is 9.69 Å². The molecule has 2 heterocycles. The van der Waals surface area contributed by atoms with E-state index >= 15 is 0 Å². The van der Waals surface area contributed by atoms with E-state index in [-0.39, 0.29) is 11.9 Å². The molecular weight excluding hydrogens is 274 g/mol. The van der Waals surface area contributed by atoms with Crippen LogP contribution in [0.5, 0.6) is 0 Å². The molecule has 0 bridgehead atoms. The van der Waals surface area contributed by atoms with Gasteiger partial charge in [-0.15, -0.1) is 0 Å². The predicted octanol–water partition coefficient (Wildman–Crippen LogP) is -0.400. The van der Waals surface area contributed by atoms with Crippen LogP contribution in [0.4, 0.5) is 0 Å². The Morgan fingerprint density at radius 2 is 2.33 bits per heavy atom. The minimum absolute atomic E-state index is 0.0453. The SMILES string of the molecule is CCNC(=O)C1COCCN1Cc1nc(C(C)(C)N)no1. The molecule has 8 nitrogen and oxygen atoms in total. The Labute approximate surface area is 124 Å². The van der Waals surface area contributed by atoms with E-state index in [1.54, 1.807) is 0 Å². The van der Waals surface area contributed by atoms with Gasteiger partial charge in [0.1, 0.15) is 6.04 Å². The number of hydrogen-bond acceptors (Lipinski definition) is 7. The summed E-state index contributed by atoms with van der Waals surface area (Å²) >= 11 is 0. The first-order valence-electron chi connectivity index (χ1n) is 7.13. The van der Waals surface area contributed by atoms with Gasteiger partial charge in [0.25, 0.3) is 0 Å². The highest BCUT2D eigenvalue weighted by Gasteiger charge is 2.31. The van der Waals surface area contributed by atoms with Crippen LogP contribution in [0.3, 0.4) is 0 Å². The quantitative estimate of drug-likeness (QED) is 0.761. The predicted molar refractivity (Wildman–Crippen MR) is 75.2 cm³/mol. The summed E-state index contributed by atoms with van der Waals surface area (Å²) in [6.07, 6.45) is 0. The van der Waals surface area contributed by atoms with Crippen molar-refractivity contribution in [2.75, 3.05) is 26.3 Å². The number of nitrogens with one attached hydrogen (secondary N) is 1. The summed E-state index contributed by atoms with van der Waals surface area (Å²) in [7, 11) is 0. The van der Waals surface area contributed by atoms with E-state index in [9.17, 15) is 4.79 Å². The Kier molecular flexibility index (Phi) is 4.92. The number of ether oxygens (including phenoxy) is 1. The number of likely N-dealkylation sites (N-methyl/N-ethyl adjacent to an activating group) is 1. The Morgan fingerprint density at radius 1 is 1.57 bits per heavy atom. The second kappa shape index (κ2) is 6.50. The summed E-state index contributed by atoms with van der Waals surface area (Å²) in [5, 5.41) is 6.70. The summed E-state index contributed by atoms with van der Waals surface area (Å²) in [5.74, 6) is 0.871. The lowest BCUT2D eigenvalue weighted by Gasteiger charge is -2.33. The summed E-state index contributed by atoms with van der Waals surface area (Å²) in [5.41, 5.74) is 5.29. The Hall–Kier alpha value is -1.51. The fourth-order valence-electron chi connectivity index (χ4n) is 2.12. The fraction of sp³-hybridized carbons (Fsp3) is 0.769. The molecule has 1 aliphatic heterocycles. The van der Waals surface area contributed by atoms with Gasteiger partial charge < -0.3 is 20.3 Å². The number of aromatic nitrogens is 2. The van der Waals surface area contributed by atoms with Gasteiger partial charge in [-0.25, -0.2) is 0 Å². The lowest BCUT2D eigenvalue weighted by molar-refractivity contribution is -0.133. The molecule has 0 saturated carbocycles. The molecule has 0 aromatic carbocycles. The lowest BCUT2D eigenvalue weighted by Crippen LogP contribution is -2.53. The highest BCUT2D eigenvalue weighted by molar-refractivity contribution is 5.81. The van der Waals surface area contributed by atoms with Crippen LogP contribution < -0.4 is 11.1 Å². The molecule has 0 spiro atoms. The van der Waals surface area contributed by atoms with Crippen LogP contribution in [0.1, 0.15) is 32.5 Å². The van der Waals surface area contributed by atoms with E-state index in [1.165, 1.54) is 0 Å². The van der Waals surface area contributed by atoms with Crippen molar-refractivity contribution in [3.05, 3.63) is 11.7 Å². The third-order valence-corrected chi connectivity index (χ3v) is 3.28. The van der Waals surface area contributed by atoms with E-state index in [0.29, 0.717) is 44.6 Å². The Balaban J connectivity index is 2.05. The van der Waals surface area contributed by atoms with Gasteiger partial charge in [0.15, 0.2) is 5.82 Å². The molecule has 1 atom stereocenters. The number of rotatable bonds is 5. The topological polar surface area (TPSA) is 107 Å². The van der Waals surface area contributed by atoms with Gasteiger partial charge in [-0.1, -0.05) is 5.16 Å². The number of nitrogens with zero attached hydrogens (tertiary/aromatic N) is 3. The number of carbonyl (C=O) groups is 1. The Morgan fingerprint density at radius 3 is 2.95 bits per heavy atom. The first kappa shape index (κ1) is 15.9. The Bertz CT molecular complexity index is 482. The number of nitrogens with two attached hydrogens (primary N) is 1. The number of morpholine rings is 1. The van der Waals surface area contributed by atoms with Crippen molar-refractivity contribution in [2.45, 2.75) is 38.9 Å². The van der Waals surface area contributed by atoms with Gasteiger partial charge in [0.05, 0.1) is 25.3 Å². The van der Waals surface area contributed by atoms with Crippen molar-refractivity contribution in [3.63, 3.8) is 0 Å². The van der Waals surface area contributed by atoms with E-state index in [4.69, 9.17) is 15.0 Å². The molecule has 8 heteroatoms. The zero-order chi connectivity index (χ0) is 15.5. The maximum absolute atomic E-state index is 12.0.